The third-order valence-electron chi connectivity index (χ3n) is 19.9. The van der Waals surface area contributed by atoms with Gasteiger partial charge in [0.15, 0.2) is 0 Å². The summed E-state index contributed by atoms with van der Waals surface area (Å²) in [6, 6.07) is 87.2. The first kappa shape index (κ1) is 48.0. The highest BCUT2D eigenvalue weighted by atomic mass is 14.3. The van der Waals surface area contributed by atoms with Gasteiger partial charge in [0.05, 0.1) is 0 Å². The van der Waals surface area contributed by atoms with Crippen molar-refractivity contribution < 1.29 is 0 Å². The number of fused-ring (bicyclic) bond motifs is 11. The van der Waals surface area contributed by atoms with Gasteiger partial charge in [0.25, 0.3) is 0 Å². The van der Waals surface area contributed by atoms with Crippen molar-refractivity contribution in [1.29, 1.82) is 0 Å². The summed E-state index contributed by atoms with van der Waals surface area (Å²) >= 11 is 0. The summed E-state index contributed by atoms with van der Waals surface area (Å²) < 4.78 is 0. The summed E-state index contributed by atoms with van der Waals surface area (Å²) in [5, 5.41) is 34.5. The molecule has 0 radical (unpaired) electrons. The Bertz CT molecular complexity index is 5550. The van der Waals surface area contributed by atoms with E-state index >= 15 is 0 Å². The third-order valence-corrected chi connectivity index (χ3v) is 19.9. The number of hydrogen-bond acceptors (Lipinski definition) is 0. The molecule has 396 valence electrons. The van der Waals surface area contributed by atoms with Crippen molar-refractivity contribution in [1.82, 2.24) is 0 Å². The minimum atomic E-state index is 0.00765. The Kier molecular flexibility index (Phi) is 9.71. The molecular formula is C84H60. The first-order chi connectivity index (χ1) is 41.0. The molecule has 0 heterocycles. The summed E-state index contributed by atoms with van der Waals surface area (Å²) in [7, 11) is 0. The molecule has 0 nitrogen and oxygen atoms in total. The van der Waals surface area contributed by atoms with Crippen LogP contribution in [0.15, 0.2) is 224 Å². The first-order valence-electron chi connectivity index (χ1n) is 30.4. The fraction of sp³-hybridized carbons (Fsp3) is 0.119. The van der Waals surface area contributed by atoms with E-state index in [1.807, 2.05) is 0 Å². The monoisotopic (exact) mass is 1070 g/mol. The molecule has 18 aromatic carbocycles. The predicted octanol–water partition coefficient (Wildman–Crippen LogP) is 24.6. The zero-order valence-electron chi connectivity index (χ0n) is 48.5. The second-order valence-electron chi connectivity index (χ2n) is 26.0. The summed E-state index contributed by atoms with van der Waals surface area (Å²) in [4.78, 5) is 0. The Hall–Kier alpha value is -9.62. The lowest BCUT2D eigenvalue weighted by atomic mass is 9.80. The van der Waals surface area contributed by atoms with Gasteiger partial charge in [-0.2, -0.15) is 0 Å². The van der Waals surface area contributed by atoms with E-state index in [1.165, 1.54) is 201 Å². The maximum Gasteiger partial charge on any atom is -0.000740 e. The maximum absolute atomic E-state index is 2.59. The van der Waals surface area contributed by atoms with Crippen molar-refractivity contribution in [2.75, 3.05) is 0 Å². The summed E-state index contributed by atoms with van der Waals surface area (Å²) in [6.07, 6.45) is 0. The van der Waals surface area contributed by atoms with Gasteiger partial charge in [-0.15, -0.1) is 0 Å². The zero-order valence-corrected chi connectivity index (χ0v) is 48.5. The molecule has 0 aliphatic carbocycles. The summed E-state index contributed by atoms with van der Waals surface area (Å²) in [5.74, 6) is 0.800. The van der Waals surface area contributed by atoms with Crippen LogP contribution < -0.4 is 0 Å². The van der Waals surface area contributed by atoms with Gasteiger partial charge < -0.3 is 0 Å². The minimum Gasteiger partial charge on any atom is -0.0622 e. The highest BCUT2D eigenvalue weighted by Gasteiger charge is 2.29. The molecule has 18 aromatic rings. The second-order valence-corrected chi connectivity index (χ2v) is 26.0. The van der Waals surface area contributed by atoms with Gasteiger partial charge >= 0.3 is 0 Å². The average Bonchev–Trinajstić information content (AvgIpc) is 1.49. The molecule has 0 aliphatic rings. The fourth-order valence-corrected chi connectivity index (χ4v) is 16.5. The SMILES string of the molecule is CC(C)c1cccc(C(C)C)c1-c1ccc2c3ccc4c5c(-c6ccccc6)c6cc7c(cc6c(-c6ccccc6)c5c5ccc(c6cccc1c62)c3c54)c1ccc2c3cccc4c(-c5ccccc5C(C)(C)C)ccc(c5ccc7c1c25)c43. The van der Waals surface area contributed by atoms with Gasteiger partial charge in [0.1, 0.15) is 0 Å². The van der Waals surface area contributed by atoms with Gasteiger partial charge in [-0.05, 0) is 231 Å². The van der Waals surface area contributed by atoms with Crippen LogP contribution in [0.2, 0.25) is 0 Å². The molecule has 0 saturated carbocycles. The Labute approximate surface area is 488 Å². The molecule has 84 heavy (non-hydrogen) atoms. The average molecular weight is 1070 g/mol. The van der Waals surface area contributed by atoms with Gasteiger partial charge in [-0.25, -0.2) is 0 Å². The Morgan fingerprint density at radius 3 is 1.04 bits per heavy atom. The van der Waals surface area contributed by atoms with Crippen LogP contribution in [-0.4, -0.2) is 0 Å². The molecule has 0 heteroatoms. The molecule has 0 spiro atoms. The van der Waals surface area contributed by atoms with Crippen LogP contribution in [-0.2, 0) is 5.41 Å². The van der Waals surface area contributed by atoms with Crippen LogP contribution >= 0.6 is 0 Å². The summed E-state index contributed by atoms with van der Waals surface area (Å²) in [6.45, 7) is 16.4. The Morgan fingerprint density at radius 2 is 0.571 bits per heavy atom. The van der Waals surface area contributed by atoms with Gasteiger partial charge in [-0.3, -0.25) is 0 Å². The van der Waals surface area contributed by atoms with E-state index < -0.39 is 0 Å². The fourth-order valence-electron chi connectivity index (χ4n) is 16.5. The van der Waals surface area contributed by atoms with Crippen molar-refractivity contribution >= 4 is 140 Å². The van der Waals surface area contributed by atoms with Crippen LogP contribution in [0.25, 0.3) is 185 Å². The highest BCUT2D eigenvalue weighted by Crippen LogP contribution is 2.57. The molecule has 0 N–H and O–H groups in total. The van der Waals surface area contributed by atoms with Crippen molar-refractivity contribution in [3.05, 3.63) is 241 Å². The maximum atomic E-state index is 2.59. The minimum absolute atomic E-state index is 0.00765. The number of benzene rings is 16. The Balaban J connectivity index is 0.951. The predicted molar refractivity (Wildman–Crippen MR) is 367 cm³/mol. The molecule has 18 rings (SSSR count). The van der Waals surface area contributed by atoms with Crippen LogP contribution in [0.4, 0.5) is 0 Å². The van der Waals surface area contributed by atoms with Gasteiger partial charge in [0.2, 0.25) is 0 Å². The van der Waals surface area contributed by atoms with E-state index in [0.29, 0.717) is 11.8 Å². The lowest BCUT2D eigenvalue weighted by Gasteiger charge is -2.24. The smallest absolute Gasteiger partial charge is 0.000740 e. The van der Waals surface area contributed by atoms with Crippen molar-refractivity contribution in [3.8, 4) is 44.5 Å². The molecule has 0 atom stereocenters. The summed E-state index contributed by atoms with van der Waals surface area (Å²) in [5.41, 5.74) is 14.7. The van der Waals surface area contributed by atoms with E-state index in [4.69, 9.17) is 0 Å². The normalized spacial score (nSPS) is 12.9. The molecule has 0 aromatic heterocycles. The highest BCUT2D eigenvalue weighted by molar-refractivity contribution is 6.48. The van der Waals surface area contributed by atoms with Gasteiger partial charge in [0, 0.05) is 0 Å². The van der Waals surface area contributed by atoms with Crippen LogP contribution in [0, 0.1) is 0 Å². The molecule has 0 bridgehead atoms. The van der Waals surface area contributed by atoms with E-state index in [2.05, 4.69) is 273 Å². The van der Waals surface area contributed by atoms with Crippen LogP contribution in [0.5, 0.6) is 0 Å². The molecular weight excluding hydrogens is 1010 g/mol. The van der Waals surface area contributed by atoms with E-state index in [-0.39, 0.29) is 5.41 Å². The van der Waals surface area contributed by atoms with E-state index in [9.17, 15) is 0 Å². The van der Waals surface area contributed by atoms with Crippen molar-refractivity contribution in [2.24, 2.45) is 0 Å². The molecule has 0 unspecified atom stereocenters. The first-order valence-corrected chi connectivity index (χ1v) is 30.4. The van der Waals surface area contributed by atoms with Gasteiger partial charge in [-0.1, -0.05) is 261 Å². The second kappa shape index (κ2) is 17.0. The molecule has 0 aliphatic heterocycles. The van der Waals surface area contributed by atoms with Crippen molar-refractivity contribution in [3.63, 3.8) is 0 Å². The molecule has 0 amide bonds. The lowest BCUT2D eigenvalue weighted by molar-refractivity contribution is 0.592. The molecule has 0 saturated heterocycles. The van der Waals surface area contributed by atoms with E-state index in [1.54, 1.807) is 0 Å². The van der Waals surface area contributed by atoms with Crippen LogP contribution in [0.1, 0.15) is 77.0 Å². The Morgan fingerprint density at radius 1 is 0.226 bits per heavy atom. The standard InChI is InChI=1S/C84H60/c1-45(2)49-24-16-25-50(46(3)4)75(49)57-33-34-59-63-40-42-67-81-66(41-39-61(79(63)81)56-29-18-27-54(57)77(56)59)82-73(47-19-10-8-11-20-47)70-43-68-64-37-35-60-55-28-17-26-53-51(52-23-14-15-30-72(52)84(5,6)7)31-32-58(76(53)55)62-36-38-65(80(64)78(60)62)69(68)44-71(70)74(83(67)82)48-21-12-9-13-22-48/h8-46H,1-7H3. The molecule has 0 fully saturated rings. The van der Waals surface area contributed by atoms with Crippen molar-refractivity contribution in [2.45, 2.75) is 65.7 Å². The quantitative estimate of drug-likeness (QED) is 0.115. The zero-order chi connectivity index (χ0) is 56.2. The topological polar surface area (TPSA) is 0 Å². The largest absolute Gasteiger partial charge is 0.0622 e. The number of rotatable bonds is 6. The lowest BCUT2D eigenvalue weighted by Crippen LogP contribution is -2.12. The number of hydrogen-bond donors (Lipinski definition) is 0. The van der Waals surface area contributed by atoms with Crippen LogP contribution in [0.3, 0.4) is 0 Å². The van der Waals surface area contributed by atoms with E-state index in [0.717, 1.165) is 0 Å². The third kappa shape index (κ3) is 6.23.